The Hall–Kier alpha value is -1.62. The third kappa shape index (κ3) is 6.02. The second-order valence-electron chi connectivity index (χ2n) is 5.56. The second kappa shape index (κ2) is 7.85. The molecule has 1 amide bonds. The number of nitrogens with zero attached hydrogens (tertiary/aromatic N) is 1. The van der Waals surface area contributed by atoms with Crippen LogP contribution in [0.15, 0.2) is 18.3 Å². The predicted molar refractivity (Wildman–Crippen MR) is 79.5 cm³/mol. The summed E-state index contributed by atoms with van der Waals surface area (Å²) in [5, 5.41) is 2.89. The van der Waals surface area contributed by atoms with Gasteiger partial charge in [0.25, 0.3) is 5.91 Å². The first-order valence-corrected chi connectivity index (χ1v) is 7.01. The molecule has 0 spiro atoms. The normalized spacial score (nSPS) is 13.9. The van der Waals surface area contributed by atoms with Crippen LogP contribution in [0.2, 0.25) is 0 Å². The number of carbonyl (C=O) groups excluding carboxylic acids is 1. The minimum absolute atomic E-state index is 0.00534. The van der Waals surface area contributed by atoms with E-state index in [4.69, 9.17) is 10.5 Å². The number of nitrogens with two attached hydrogens (primary N) is 1. The highest BCUT2D eigenvalue weighted by Gasteiger charge is 2.11. The van der Waals surface area contributed by atoms with E-state index in [1.807, 2.05) is 26.0 Å². The first kappa shape index (κ1) is 16.4. The van der Waals surface area contributed by atoms with Gasteiger partial charge in [0.2, 0.25) is 0 Å². The third-order valence-electron chi connectivity index (χ3n) is 3.09. The van der Waals surface area contributed by atoms with Crippen LogP contribution in [0.3, 0.4) is 0 Å². The van der Waals surface area contributed by atoms with Gasteiger partial charge < -0.3 is 15.8 Å². The fourth-order valence-electron chi connectivity index (χ4n) is 1.56. The number of carbonyl (C=O) groups is 1. The predicted octanol–water partition coefficient (Wildman–Crippen LogP) is 1.51. The molecule has 0 bridgehead atoms. The largest absolute Gasteiger partial charge is 0.482 e. The Labute approximate surface area is 120 Å². The van der Waals surface area contributed by atoms with Crippen LogP contribution in [0.4, 0.5) is 0 Å². The number of hydrogen-bond donors (Lipinski definition) is 2. The Balaban J connectivity index is 2.40. The van der Waals surface area contributed by atoms with E-state index < -0.39 is 0 Å². The van der Waals surface area contributed by atoms with E-state index in [0.29, 0.717) is 11.7 Å². The molecule has 0 saturated carbocycles. The molecular formula is C15H25N3O2. The molecule has 1 aromatic rings. The molecule has 0 aliphatic rings. The Morgan fingerprint density at radius 1 is 1.35 bits per heavy atom. The summed E-state index contributed by atoms with van der Waals surface area (Å²) in [4.78, 5) is 15.9. The molecule has 1 heterocycles. The smallest absolute Gasteiger partial charge is 0.258 e. The fraction of sp³-hybridized carbons (Fsp3) is 0.600. The minimum Gasteiger partial charge on any atom is -0.482 e. The van der Waals surface area contributed by atoms with Crippen LogP contribution in [0, 0.1) is 5.92 Å². The van der Waals surface area contributed by atoms with Crippen molar-refractivity contribution in [3.05, 3.63) is 24.0 Å². The van der Waals surface area contributed by atoms with Gasteiger partial charge in [-0.15, -0.1) is 0 Å². The van der Waals surface area contributed by atoms with E-state index in [1.165, 1.54) is 0 Å². The Kier molecular flexibility index (Phi) is 6.45. The van der Waals surface area contributed by atoms with Crippen molar-refractivity contribution in [1.29, 1.82) is 0 Å². The van der Waals surface area contributed by atoms with Crippen LogP contribution in [-0.4, -0.2) is 29.6 Å². The molecule has 0 aliphatic heterocycles. The molecule has 20 heavy (non-hydrogen) atoms. The Morgan fingerprint density at radius 2 is 2.05 bits per heavy atom. The molecule has 3 N–H and O–H groups in total. The SMILES string of the molecule is CC(N)Cc1ccc(OCC(=O)NC(C)C(C)C)cn1. The maximum absolute atomic E-state index is 11.7. The number of amides is 1. The molecular weight excluding hydrogens is 254 g/mol. The molecule has 5 nitrogen and oxygen atoms in total. The lowest BCUT2D eigenvalue weighted by molar-refractivity contribution is -0.124. The van der Waals surface area contributed by atoms with Crippen molar-refractivity contribution in [2.24, 2.45) is 11.7 Å². The topological polar surface area (TPSA) is 77.2 Å². The quantitative estimate of drug-likeness (QED) is 0.793. The maximum Gasteiger partial charge on any atom is 0.258 e. The van der Waals surface area contributed by atoms with Crippen LogP contribution in [0.1, 0.15) is 33.4 Å². The van der Waals surface area contributed by atoms with E-state index in [0.717, 1.165) is 12.1 Å². The van der Waals surface area contributed by atoms with Gasteiger partial charge in [0.05, 0.1) is 6.20 Å². The summed E-state index contributed by atoms with van der Waals surface area (Å²) in [6.07, 6.45) is 2.35. The number of rotatable bonds is 7. The number of nitrogens with one attached hydrogen (secondary N) is 1. The summed E-state index contributed by atoms with van der Waals surface area (Å²) in [6.45, 7) is 8.05. The lowest BCUT2D eigenvalue weighted by Crippen LogP contribution is -2.38. The third-order valence-corrected chi connectivity index (χ3v) is 3.09. The zero-order chi connectivity index (χ0) is 15.1. The van der Waals surface area contributed by atoms with Crippen LogP contribution < -0.4 is 15.8 Å². The molecule has 2 atom stereocenters. The second-order valence-corrected chi connectivity index (χ2v) is 5.56. The van der Waals surface area contributed by atoms with Gasteiger partial charge in [-0.2, -0.15) is 0 Å². The zero-order valence-corrected chi connectivity index (χ0v) is 12.7. The van der Waals surface area contributed by atoms with Crippen molar-refractivity contribution in [1.82, 2.24) is 10.3 Å². The van der Waals surface area contributed by atoms with Crippen molar-refractivity contribution >= 4 is 5.91 Å². The number of hydrogen-bond acceptors (Lipinski definition) is 4. The molecule has 1 rings (SSSR count). The first-order valence-electron chi connectivity index (χ1n) is 7.01. The lowest BCUT2D eigenvalue weighted by Gasteiger charge is -2.17. The van der Waals surface area contributed by atoms with E-state index >= 15 is 0 Å². The summed E-state index contributed by atoms with van der Waals surface area (Å²) in [7, 11) is 0. The molecule has 1 aromatic heterocycles. The summed E-state index contributed by atoms with van der Waals surface area (Å²) in [6, 6.07) is 3.90. The lowest BCUT2D eigenvalue weighted by atomic mass is 10.1. The van der Waals surface area contributed by atoms with Crippen molar-refractivity contribution in [2.75, 3.05) is 6.61 Å². The molecule has 0 aliphatic carbocycles. The number of pyridine rings is 1. The van der Waals surface area contributed by atoms with E-state index in [1.54, 1.807) is 6.20 Å². The molecule has 5 heteroatoms. The fourth-order valence-corrected chi connectivity index (χ4v) is 1.56. The average molecular weight is 279 g/mol. The summed E-state index contributed by atoms with van der Waals surface area (Å²) in [5.41, 5.74) is 6.63. The van der Waals surface area contributed by atoms with Gasteiger partial charge >= 0.3 is 0 Å². The summed E-state index contributed by atoms with van der Waals surface area (Å²) < 4.78 is 5.40. The van der Waals surface area contributed by atoms with Crippen LogP contribution in [-0.2, 0) is 11.2 Å². The van der Waals surface area contributed by atoms with Gasteiger partial charge in [0.1, 0.15) is 5.75 Å². The highest BCUT2D eigenvalue weighted by atomic mass is 16.5. The summed E-state index contributed by atoms with van der Waals surface area (Å²) >= 11 is 0. The maximum atomic E-state index is 11.7. The Bertz CT molecular complexity index is 416. The molecule has 0 aromatic carbocycles. The Morgan fingerprint density at radius 3 is 2.55 bits per heavy atom. The van der Waals surface area contributed by atoms with Crippen molar-refractivity contribution in [3.8, 4) is 5.75 Å². The van der Waals surface area contributed by atoms with Crippen LogP contribution >= 0.6 is 0 Å². The molecule has 0 radical (unpaired) electrons. The summed E-state index contributed by atoms with van der Waals surface area (Å²) in [5.74, 6) is 0.870. The van der Waals surface area contributed by atoms with Gasteiger partial charge in [-0.05, 0) is 31.9 Å². The highest BCUT2D eigenvalue weighted by Crippen LogP contribution is 2.10. The van der Waals surface area contributed by atoms with Gasteiger partial charge in [-0.25, -0.2) is 0 Å². The average Bonchev–Trinajstić information content (AvgIpc) is 2.37. The van der Waals surface area contributed by atoms with Gasteiger partial charge in [-0.3, -0.25) is 9.78 Å². The molecule has 0 fully saturated rings. The van der Waals surface area contributed by atoms with Crippen LogP contribution in [0.5, 0.6) is 5.75 Å². The molecule has 2 unspecified atom stereocenters. The van der Waals surface area contributed by atoms with Crippen LogP contribution in [0.25, 0.3) is 0 Å². The first-order chi connectivity index (χ1) is 9.38. The van der Waals surface area contributed by atoms with Crippen molar-refractivity contribution < 1.29 is 9.53 Å². The monoisotopic (exact) mass is 279 g/mol. The number of aromatic nitrogens is 1. The van der Waals surface area contributed by atoms with Crippen molar-refractivity contribution in [3.63, 3.8) is 0 Å². The number of ether oxygens (including phenoxy) is 1. The highest BCUT2D eigenvalue weighted by molar-refractivity contribution is 5.77. The van der Waals surface area contributed by atoms with Gasteiger partial charge in [0.15, 0.2) is 6.61 Å². The van der Waals surface area contributed by atoms with Crippen molar-refractivity contribution in [2.45, 2.75) is 46.2 Å². The minimum atomic E-state index is -0.120. The van der Waals surface area contributed by atoms with E-state index in [2.05, 4.69) is 24.1 Å². The van der Waals surface area contributed by atoms with Gasteiger partial charge in [-0.1, -0.05) is 13.8 Å². The van der Waals surface area contributed by atoms with E-state index in [9.17, 15) is 4.79 Å². The molecule has 0 saturated heterocycles. The standard InChI is InChI=1S/C15H25N3O2/c1-10(2)12(4)18-15(19)9-20-14-6-5-13(17-8-14)7-11(3)16/h5-6,8,10-12H,7,9,16H2,1-4H3,(H,18,19). The van der Waals surface area contributed by atoms with Gasteiger partial charge in [0, 0.05) is 24.2 Å². The zero-order valence-electron chi connectivity index (χ0n) is 12.7. The molecule has 112 valence electrons. The van der Waals surface area contributed by atoms with E-state index in [-0.39, 0.29) is 24.6 Å².